The normalized spacial score (nSPS) is 12.6. The third-order valence-electron chi connectivity index (χ3n) is 3.68. The van der Waals surface area contributed by atoms with Crippen LogP contribution in [0, 0.1) is 18.6 Å². The first-order valence-electron chi connectivity index (χ1n) is 6.65. The largest absolute Gasteiger partial charge is 0.207 e. The van der Waals surface area contributed by atoms with Gasteiger partial charge in [0.1, 0.15) is 11.6 Å². The molecule has 21 heavy (non-hydrogen) atoms. The van der Waals surface area contributed by atoms with Crippen LogP contribution in [0.5, 0.6) is 0 Å². The molecule has 0 radical (unpaired) electrons. The molecule has 3 rings (SSSR count). The van der Waals surface area contributed by atoms with Gasteiger partial charge in [0.25, 0.3) is 0 Å². The topological polar surface area (TPSA) is 0 Å². The molecule has 0 bridgehead atoms. The van der Waals surface area contributed by atoms with Gasteiger partial charge >= 0.3 is 0 Å². The standard InChI is InChI=1S/C18H13BrF2/c1-11-6-8-15(14-5-3-2-4-13(11)14)18(19)16-9-7-12(20)10-17(16)21/h2-10,18H,1H3. The molecule has 0 amide bonds. The van der Waals surface area contributed by atoms with Gasteiger partial charge < -0.3 is 0 Å². The summed E-state index contributed by atoms with van der Waals surface area (Å²) in [6.45, 7) is 2.05. The zero-order valence-corrected chi connectivity index (χ0v) is 13.0. The zero-order chi connectivity index (χ0) is 15.0. The van der Waals surface area contributed by atoms with Gasteiger partial charge in [0.15, 0.2) is 0 Å². The fourth-order valence-electron chi connectivity index (χ4n) is 2.57. The first-order valence-corrected chi connectivity index (χ1v) is 7.57. The van der Waals surface area contributed by atoms with Crippen LogP contribution in [-0.2, 0) is 0 Å². The Labute approximate surface area is 130 Å². The van der Waals surface area contributed by atoms with Gasteiger partial charge in [-0.3, -0.25) is 0 Å². The van der Waals surface area contributed by atoms with Gasteiger partial charge in [0, 0.05) is 11.6 Å². The highest BCUT2D eigenvalue weighted by Gasteiger charge is 2.18. The lowest BCUT2D eigenvalue weighted by atomic mass is 9.95. The summed E-state index contributed by atoms with van der Waals surface area (Å²) in [4.78, 5) is -0.316. The molecule has 0 aliphatic carbocycles. The number of alkyl halides is 1. The van der Waals surface area contributed by atoms with E-state index in [1.54, 1.807) is 0 Å². The van der Waals surface area contributed by atoms with Crippen LogP contribution in [0.1, 0.15) is 21.5 Å². The number of rotatable bonds is 2. The number of halogens is 3. The predicted octanol–water partition coefficient (Wildman–Crippen LogP) is 5.91. The van der Waals surface area contributed by atoms with Crippen molar-refractivity contribution in [3.05, 3.63) is 82.9 Å². The Morgan fingerprint density at radius 2 is 1.52 bits per heavy atom. The zero-order valence-electron chi connectivity index (χ0n) is 11.4. The van der Waals surface area contributed by atoms with Crippen LogP contribution in [-0.4, -0.2) is 0 Å². The SMILES string of the molecule is Cc1ccc(C(Br)c2ccc(F)cc2F)c2ccccc12. The van der Waals surface area contributed by atoms with Crippen LogP contribution in [0.2, 0.25) is 0 Å². The van der Waals surface area contributed by atoms with Crippen molar-refractivity contribution in [3.63, 3.8) is 0 Å². The smallest absolute Gasteiger partial charge is 0.130 e. The summed E-state index contributed by atoms with van der Waals surface area (Å²) in [6.07, 6.45) is 0. The monoisotopic (exact) mass is 346 g/mol. The maximum Gasteiger partial charge on any atom is 0.130 e. The fourth-order valence-corrected chi connectivity index (χ4v) is 3.34. The lowest BCUT2D eigenvalue weighted by molar-refractivity contribution is 0.574. The number of hydrogen-bond acceptors (Lipinski definition) is 0. The lowest BCUT2D eigenvalue weighted by Gasteiger charge is -2.15. The molecule has 0 aromatic heterocycles. The summed E-state index contributed by atoms with van der Waals surface area (Å²) in [6, 6.07) is 15.7. The molecule has 3 aromatic carbocycles. The van der Waals surface area contributed by atoms with Crippen LogP contribution >= 0.6 is 15.9 Å². The van der Waals surface area contributed by atoms with E-state index < -0.39 is 11.6 Å². The molecule has 1 unspecified atom stereocenters. The Balaban J connectivity index is 2.18. The van der Waals surface area contributed by atoms with Crippen LogP contribution in [0.25, 0.3) is 10.8 Å². The fraction of sp³-hybridized carbons (Fsp3) is 0.111. The van der Waals surface area contributed by atoms with Crippen molar-refractivity contribution in [2.45, 2.75) is 11.8 Å². The molecule has 1 atom stereocenters. The molecule has 106 valence electrons. The van der Waals surface area contributed by atoms with Gasteiger partial charge in [0.05, 0.1) is 4.83 Å². The molecule has 0 N–H and O–H groups in total. The highest BCUT2D eigenvalue weighted by atomic mass is 79.9. The van der Waals surface area contributed by atoms with E-state index in [9.17, 15) is 8.78 Å². The van der Waals surface area contributed by atoms with Gasteiger partial charge in [-0.05, 0) is 34.9 Å². The number of benzene rings is 3. The summed E-state index contributed by atoms with van der Waals surface area (Å²) in [5, 5.41) is 2.21. The maximum atomic E-state index is 14.0. The molecule has 3 heteroatoms. The quantitative estimate of drug-likeness (QED) is 0.506. The molecule has 0 saturated carbocycles. The summed E-state index contributed by atoms with van der Waals surface area (Å²) in [7, 11) is 0. The third-order valence-corrected chi connectivity index (χ3v) is 4.67. The van der Waals surface area contributed by atoms with E-state index in [0.29, 0.717) is 5.56 Å². The highest BCUT2D eigenvalue weighted by molar-refractivity contribution is 9.09. The third kappa shape index (κ3) is 2.58. The Morgan fingerprint density at radius 1 is 0.857 bits per heavy atom. The van der Waals surface area contributed by atoms with Gasteiger partial charge in [-0.1, -0.05) is 58.4 Å². The number of hydrogen-bond donors (Lipinski definition) is 0. The van der Waals surface area contributed by atoms with E-state index in [2.05, 4.69) is 22.0 Å². The minimum atomic E-state index is -0.565. The Hall–Kier alpha value is -1.74. The first kappa shape index (κ1) is 14.2. The average Bonchev–Trinajstić information content (AvgIpc) is 2.47. The molecule has 0 spiro atoms. The van der Waals surface area contributed by atoms with E-state index in [1.807, 2.05) is 37.3 Å². The van der Waals surface area contributed by atoms with Crippen LogP contribution in [0.3, 0.4) is 0 Å². The number of aryl methyl sites for hydroxylation is 1. The Bertz CT molecular complexity index is 811. The van der Waals surface area contributed by atoms with Crippen LogP contribution in [0.4, 0.5) is 8.78 Å². The minimum Gasteiger partial charge on any atom is -0.207 e. The van der Waals surface area contributed by atoms with Crippen molar-refractivity contribution in [2.75, 3.05) is 0 Å². The van der Waals surface area contributed by atoms with Gasteiger partial charge in [-0.25, -0.2) is 8.78 Å². The Kier molecular flexibility index (Phi) is 3.77. The van der Waals surface area contributed by atoms with E-state index >= 15 is 0 Å². The summed E-state index contributed by atoms with van der Waals surface area (Å²) in [5.41, 5.74) is 2.58. The van der Waals surface area contributed by atoms with Crippen LogP contribution < -0.4 is 0 Å². The summed E-state index contributed by atoms with van der Waals surface area (Å²) < 4.78 is 27.1. The molecule has 3 aromatic rings. The summed E-state index contributed by atoms with van der Waals surface area (Å²) in [5.74, 6) is -1.11. The Morgan fingerprint density at radius 3 is 2.24 bits per heavy atom. The summed E-state index contributed by atoms with van der Waals surface area (Å²) >= 11 is 3.55. The second-order valence-electron chi connectivity index (χ2n) is 5.05. The minimum absolute atomic E-state index is 0.316. The average molecular weight is 347 g/mol. The van der Waals surface area contributed by atoms with Crippen LogP contribution in [0.15, 0.2) is 54.6 Å². The second kappa shape index (κ2) is 5.57. The van der Waals surface area contributed by atoms with E-state index in [-0.39, 0.29) is 4.83 Å². The highest BCUT2D eigenvalue weighted by Crippen LogP contribution is 2.37. The van der Waals surface area contributed by atoms with E-state index in [4.69, 9.17) is 0 Å². The van der Waals surface area contributed by atoms with Gasteiger partial charge in [-0.15, -0.1) is 0 Å². The molecule has 0 nitrogen and oxygen atoms in total. The molecule has 0 aliphatic heterocycles. The molecule has 0 saturated heterocycles. The van der Waals surface area contributed by atoms with Gasteiger partial charge in [0.2, 0.25) is 0 Å². The van der Waals surface area contributed by atoms with Crippen molar-refractivity contribution < 1.29 is 8.78 Å². The maximum absolute atomic E-state index is 14.0. The number of fused-ring (bicyclic) bond motifs is 1. The van der Waals surface area contributed by atoms with Crippen molar-refractivity contribution in [2.24, 2.45) is 0 Å². The molecule has 0 aliphatic rings. The molecule has 0 fully saturated rings. The first-order chi connectivity index (χ1) is 10.1. The van der Waals surface area contributed by atoms with E-state index in [1.165, 1.54) is 17.7 Å². The second-order valence-corrected chi connectivity index (χ2v) is 5.96. The van der Waals surface area contributed by atoms with Gasteiger partial charge in [-0.2, -0.15) is 0 Å². The van der Waals surface area contributed by atoms with Crippen molar-refractivity contribution in [1.29, 1.82) is 0 Å². The van der Waals surface area contributed by atoms with E-state index in [0.717, 1.165) is 22.4 Å². The molecular formula is C18H13BrF2. The lowest BCUT2D eigenvalue weighted by Crippen LogP contribution is -1.99. The van der Waals surface area contributed by atoms with Crippen molar-refractivity contribution in [1.82, 2.24) is 0 Å². The molecule has 0 heterocycles. The van der Waals surface area contributed by atoms with Crippen molar-refractivity contribution >= 4 is 26.7 Å². The van der Waals surface area contributed by atoms with Crippen molar-refractivity contribution in [3.8, 4) is 0 Å². The molecular weight excluding hydrogens is 334 g/mol. The predicted molar refractivity (Wildman–Crippen MR) is 85.8 cm³/mol.